The van der Waals surface area contributed by atoms with E-state index in [-0.39, 0.29) is 17.1 Å². The number of sulfonamides is 1. The normalized spacial score (nSPS) is 12.7. The summed E-state index contributed by atoms with van der Waals surface area (Å²) < 4.78 is 26.9. The van der Waals surface area contributed by atoms with Crippen molar-refractivity contribution in [2.75, 3.05) is 12.3 Å². The fourth-order valence-corrected chi connectivity index (χ4v) is 3.88. The number of hydrogen-bond donors (Lipinski definition) is 1. The number of nitrogens with two attached hydrogens (primary N) is 1. The zero-order valence-electron chi connectivity index (χ0n) is 12.3. The van der Waals surface area contributed by atoms with Crippen molar-refractivity contribution in [1.29, 1.82) is 0 Å². The van der Waals surface area contributed by atoms with E-state index in [1.807, 2.05) is 20.8 Å². The average Bonchev–Trinajstić information content (AvgIpc) is 2.30. The van der Waals surface area contributed by atoms with Gasteiger partial charge in [-0.1, -0.05) is 17.7 Å². The predicted molar refractivity (Wildman–Crippen MR) is 84.4 cm³/mol. The molecule has 1 aromatic carbocycles. The molecule has 0 atom stereocenters. The van der Waals surface area contributed by atoms with Crippen LogP contribution in [0.3, 0.4) is 0 Å². The summed E-state index contributed by atoms with van der Waals surface area (Å²) >= 11 is 5.98. The smallest absolute Gasteiger partial charge is 0.243 e. The van der Waals surface area contributed by atoms with Gasteiger partial charge in [0.1, 0.15) is 0 Å². The molecule has 0 bridgehead atoms. The van der Waals surface area contributed by atoms with E-state index in [2.05, 4.69) is 6.58 Å². The van der Waals surface area contributed by atoms with Crippen LogP contribution in [-0.4, -0.2) is 24.8 Å². The highest BCUT2D eigenvalue weighted by Crippen LogP contribution is 2.30. The van der Waals surface area contributed by atoms with Crippen LogP contribution < -0.4 is 5.73 Å². The fourth-order valence-electron chi connectivity index (χ4n) is 1.89. The molecular weight excluding hydrogens is 296 g/mol. The first kappa shape index (κ1) is 17.0. The summed E-state index contributed by atoms with van der Waals surface area (Å²) in [5.41, 5.74) is 6.10. The van der Waals surface area contributed by atoms with Crippen LogP contribution in [-0.2, 0) is 10.0 Å². The van der Waals surface area contributed by atoms with Gasteiger partial charge in [-0.2, -0.15) is 4.31 Å². The van der Waals surface area contributed by atoms with Gasteiger partial charge < -0.3 is 5.73 Å². The first-order valence-corrected chi connectivity index (χ1v) is 8.03. The fraction of sp³-hybridized carbons (Fsp3) is 0.429. The number of rotatable bonds is 4. The summed E-state index contributed by atoms with van der Waals surface area (Å²) in [5, 5.41) is 0.384. The van der Waals surface area contributed by atoms with Crippen LogP contribution >= 0.6 is 11.6 Å². The van der Waals surface area contributed by atoms with Crippen LogP contribution in [0, 0.1) is 6.92 Å². The van der Waals surface area contributed by atoms with Gasteiger partial charge >= 0.3 is 0 Å². The third kappa shape index (κ3) is 3.34. The van der Waals surface area contributed by atoms with Crippen LogP contribution in [0.25, 0.3) is 0 Å². The molecule has 0 spiro atoms. The second-order valence-corrected chi connectivity index (χ2v) is 7.88. The van der Waals surface area contributed by atoms with Gasteiger partial charge in [0.15, 0.2) is 0 Å². The lowest BCUT2D eigenvalue weighted by atomic mass is 10.1. The topological polar surface area (TPSA) is 63.4 Å². The Morgan fingerprint density at radius 1 is 1.40 bits per heavy atom. The van der Waals surface area contributed by atoms with E-state index >= 15 is 0 Å². The zero-order chi connectivity index (χ0) is 15.7. The molecule has 0 saturated heterocycles. The number of hydrogen-bond acceptors (Lipinski definition) is 3. The summed E-state index contributed by atoms with van der Waals surface area (Å²) in [6.45, 7) is 11.1. The molecule has 0 aliphatic carbocycles. The molecule has 6 heteroatoms. The molecule has 112 valence electrons. The molecule has 0 heterocycles. The lowest BCUT2D eigenvalue weighted by molar-refractivity contribution is 0.270. The molecule has 1 rings (SSSR count). The minimum absolute atomic E-state index is 0.147. The molecule has 0 unspecified atom stereocenters. The number of nitrogens with zero attached hydrogens (tertiary/aromatic N) is 1. The van der Waals surface area contributed by atoms with E-state index in [0.717, 1.165) is 0 Å². The van der Waals surface area contributed by atoms with Crippen molar-refractivity contribution in [2.45, 2.75) is 38.1 Å². The molecule has 0 fully saturated rings. The molecule has 0 amide bonds. The van der Waals surface area contributed by atoms with Gasteiger partial charge in [-0.05, 0) is 45.4 Å². The average molecular weight is 317 g/mol. The first-order chi connectivity index (χ1) is 9.01. The van der Waals surface area contributed by atoms with Crippen LogP contribution in [0.1, 0.15) is 26.3 Å². The second-order valence-electron chi connectivity index (χ2n) is 5.64. The van der Waals surface area contributed by atoms with Crippen LogP contribution in [0.15, 0.2) is 29.7 Å². The zero-order valence-corrected chi connectivity index (χ0v) is 13.8. The van der Waals surface area contributed by atoms with Gasteiger partial charge in [-0.25, -0.2) is 8.42 Å². The minimum atomic E-state index is -3.66. The molecule has 1 aromatic rings. The van der Waals surface area contributed by atoms with Crippen LogP contribution in [0.4, 0.5) is 5.69 Å². The van der Waals surface area contributed by atoms with Crippen molar-refractivity contribution in [3.8, 4) is 0 Å². The van der Waals surface area contributed by atoms with Gasteiger partial charge in [0.25, 0.3) is 0 Å². The van der Waals surface area contributed by atoms with E-state index in [1.54, 1.807) is 13.0 Å². The Hall–Kier alpha value is -1.04. The molecule has 0 aliphatic heterocycles. The molecular formula is C14H21ClN2O2S. The van der Waals surface area contributed by atoms with Crippen LogP contribution in [0.5, 0.6) is 0 Å². The molecule has 20 heavy (non-hydrogen) atoms. The number of nitrogen functional groups attached to an aromatic ring is 1. The third-order valence-corrected chi connectivity index (χ3v) is 5.51. The van der Waals surface area contributed by atoms with Gasteiger partial charge in [0.2, 0.25) is 10.0 Å². The summed E-state index contributed by atoms with van der Waals surface area (Å²) in [4.78, 5) is 0.147. The lowest BCUT2D eigenvalue weighted by Crippen LogP contribution is -2.45. The molecule has 0 radical (unpaired) electrons. The van der Waals surface area contributed by atoms with Crippen molar-refractivity contribution >= 4 is 27.3 Å². The van der Waals surface area contributed by atoms with E-state index in [9.17, 15) is 8.42 Å². The summed E-state index contributed by atoms with van der Waals surface area (Å²) in [5.74, 6) is 0. The maximum absolute atomic E-state index is 12.8. The summed E-state index contributed by atoms with van der Waals surface area (Å²) in [7, 11) is -3.66. The van der Waals surface area contributed by atoms with Crippen LogP contribution in [0.2, 0.25) is 5.02 Å². The van der Waals surface area contributed by atoms with Gasteiger partial charge in [0, 0.05) is 12.1 Å². The Balaban J connectivity index is 3.45. The largest absolute Gasteiger partial charge is 0.397 e. The quantitative estimate of drug-likeness (QED) is 0.685. The predicted octanol–water partition coefficient (Wildman–Crippen LogP) is 3.21. The number of benzene rings is 1. The first-order valence-electron chi connectivity index (χ1n) is 6.21. The number of halogens is 1. The standard InChI is InChI=1S/C14H21ClN2O2S/c1-6-7-17(14(3,4)5)20(18,19)11-8-10(2)13(15)12(16)9-11/h6,8-9H,1,7,16H2,2-5H3. The van der Waals surface area contributed by atoms with Gasteiger partial charge in [0.05, 0.1) is 15.6 Å². The van der Waals surface area contributed by atoms with Crippen molar-refractivity contribution in [2.24, 2.45) is 0 Å². The maximum Gasteiger partial charge on any atom is 0.243 e. The van der Waals surface area contributed by atoms with Gasteiger partial charge in [-0.15, -0.1) is 6.58 Å². The van der Waals surface area contributed by atoms with E-state index in [4.69, 9.17) is 17.3 Å². The van der Waals surface area contributed by atoms with E-state index < -0.39 is 15.6 Å². The van der Waals surface area contributed by atoms with Crippen molar-refractivity contribution < 1.29 is 8.42 Å². The van der Waals surface area contributed by atoms with Crippen molar-refractivity contribution in [3.63, 3.8) is 0 Å². The molecule has 2 N–H and O–H groups in total. The lowest BCUT2D eigenvalue weighted by Gasteiger charge is -2.33. The monoisotopic (exact) mass is 316 g/mol. The summed E-state index contributed by atoms with van der Waals surface area (Å²) in [6, 6.07) is 2.93. The third-order valence-electron chi connectivity index (χ3n) is 2.89. The second kappa shape index (κ2) is 5.76. The Morgan fingerprint density at radius 2 is 1.95 bits per heavy atom. The Labute approximate surface area is 126 Å². The van der Waals surface area contributed by atoms with E-state index in [1.165, 1.54) is 16.4 Å². The van der Waals surface area contributed by atoms with Gasteiger partial charge in [-0.3, -0.25) is 0 Å². The summed E-state index contributed by atoms with van der Waals surface area (Å²) in [6.07, 6.45) is 1.56. The highest BCUT2D eigenvalue weighted by molar-refractivity contribution is 7.89. The minimum Gasteiger partial charge on any atom is -0.397 e. The number of aryl methyl sites for hydroxylation is 1. The van der Waals surface area contributed by atoms with Crippen molar-refractivity contribution in [3.05, 3.63) is 35.4 Å². The van der Waals surface area contributed by atoms with E-state index in [0.29, 0.717) is 10.6 Å². The Morgan fingerprint density at radius 3 is 2.35 bits per heavy atom. The number of anilines is 1. The maximum atomic E-state index is 12.8. The molecule has 0 aromatic heterocycles. The molecule has 0 aliphatic rings. The molecule has 0 saturated carbocycles. The Kier molecular flexibility index (Phi) is 4.90. The highest BCUT2D eigenvalue weighted by Gasteiger charge is 2.33. The highest BCUT2D eigenvalue weighted by atomic mass is 35.5. The van der Waals surface area contributed by atoms with Crippen molar-refractivity contribution in [1.82, 2.24) is 4.31 Å². The SMILES string of the molecule is C=CCN(C(C)(C)C)S(=O)(=O)c1cc(C)c(Cl)c(N)c1. The Bertz CT molecular complexity index is 596. The molecule has 4 nitrogen and oxygen atoms in total.